The second-order valence-corrected chi connectivity index (χ2v) is 5.05. The van der Waals surface area contributed by atoms with Crippen LogP contribution in [0.5, 0.6) is 0 Å². The van der Waals surface area contributed by atoms with Gasteiger partial charge in [-0.15, -0.1) is 0 Å². The summed E-state index contributed by atoms with van der Waals surface area (Å²) in [5.74, 6) is -0.412. The van der Waals surface area contributed by atoms with E-state index < -0.39 is 0 Å². The molecule has 1 aromatic rings. The molecular weight excluding hydrogens is 244 g/mol. The molecule has 5 heteroatoms. The van der Waals surface area contributed by atoms with Gasteiger partial charge in [-0.2, -0.15) is 0 Å². The Hall–Kier alpha value is -2.17. The topological polar surface area (TPSA) is 75.3 Å². The Bertz CT molecular complexity index is 550. The summed E-state index contributed by atoms with van der Waals surface area (Å²) >= 11 is 0. The maximum atomic E-state index is 12.0. The van der Waals surface area contributed by atoms with E-state index in [2.05, 4.69) is 10.6 Å². The molecule has 1 aromatic carbocycles. The van der Waals surface area contributed by atoms with Crippen molar-refractivity contribution in [1.82, 2.24) is 0 Å². The Morgan fingerprint density at radius 2 is 1.79 bits per heavy atom. The Balaban J connectivity index is 2.30. The van der Waals surface area contributed by atoms with Gasteiger partial charge in [0.05, 0.1) is 11.4 Å². The number of anilines is 2. The predicted octanol–water partition coefficient (Wildman–Crippen LogP) is 2.20. The maximum absolute atomic E-state index is 12.0. The van der Waals surface area contributed by atoms with Crippen LogP contribution in [0.15, 0.2) is 18.2 Å². The number of ketones is 1. The average molecular weight is 260 g/mol. The lowest BCUT2D eigenvalue weighted by Gasteiger charge is -2.10. The van der Waals surface area contributed by atoms with Crippen molar-refractivity contribution in [1.29, 1.82) is 0 Å². The van der Waals surface area contributed by atoms with E-state index >= 15 is 0 Å². The summed E-state index contributed by atoms with van der Waals surface area (Å²) in [5, 5.41) is 5.25. The van der Waals surface area contributed by atoms with Gasteiger partial charge < -0.3 is 10.6 Å². The monoisotopic (exact) mass is 260 g/mol. The number of benzene rings is 1. The highest BCUT2D eigenvalue weighted by Gasteiger charge is 2.19. The van der Waals surface area contributed by atoms with Crippen LogP contribution in [0.3, 0.4) is 0 Å². The third kappa shape index (κ3) is 3.19. The molecule has 0 unspecified atom stereocenters. The third-order valence-corrected chi connectivity index (χ3v) is 2.80. The summed E-state index contributed by atoms with van der Waals surface area (Å²) in [6.45, 7) is 3.95. The number of rotatable bonds is 3. The molecule has 100 valence electrons. The van der Waals surface area contributed by atoms with Crippen LogP contribution in [0, 0.1) is 5.92 Å². The lowest BCUT2D eigenvalue weighted by atomic mass is 10.0. The van der Waals surface area contributed by atoms with Gasteiger partial charge in [0.15, 0.2) is 5.78 Å². The summed E-state index contributed by atoms with van der Waals surface area (Å²) < 4.78 is 0. The van der Waals surface area contributed by atoms with E-state index in [1.807, 2.05) is 13.8 Å². The summed E-state index contributed by atoms with van der Waals surface area (Å²) in [5.41, 5.74) is 1.55. The van der Waals surface area contributed by atoms with E-state index in [1.165, 1.54) is 0 Å². The van der Waals surface area contributed by atoms with Crippen molar-refractivity contribution in [3.8, 4) is 0 Å². The number of fused-ring (bicyclic) bond motifs is 1. The number of carbonyl (C=O) groups excluding carboxylic acids is 3. The van der Waals surface area contributed by atoms with Crippen molar-refractivity contribution in [3.05, 3.63) is 23.8 Å². The zero-order valence-electron chi connectivity index (χ0n) is 10.9. The van der Waals surface area contributed by atoms with Crippen LogP contribution >= 0.6 is 0 Å². The van der Waals surface area contributed by atoms with E-state index in [-0.39, 0.29) is 29.9 Å². The molecule has 0 saturated heterocycles. The van der Waals surface area contributed by atoms with E-state index in [4.69, 9.17) is 0 Å². The van der Waals surface area contributed by atoms with Gasteiger partial charge in [-0.3, -0.25) is 14.4 Å². The average Bonchev–Trinajstić information content (AvgIpc) is 2.43. The number of amides is 2. The van der Waals surface area contributed by atoms with Crippen LogP contribution in [0.1, 0.15) is 37.0 Å². The molecule has 1 aliphatic rings. The van der Waals surface area contributed by atoms with E-state index in [9.17, 15) is 14.4 Å². The zero-order valence-corrected chi connectivity index (χ0v) is 10.9. The summed E-state index contributed by atoms with van der Waals surface area (Å²) in [4.78, 5) is 34.8. The van der Waals surface area contributed by atoms with Crippen molar-refractivity contribution < 1.29 is 14.4 Å². The minimum atomic E-state index is -0.371. The lowest BCUT2D eigenvalue weighted by molar-refractivity contribution is -0.123. The Kier molecular flexibility index (Phi) is 3.64. The molecule has 0 radical (unpaired) electrons. The van der Waals surface area contributed by atoms with Crippen LogP contribution in [0.25, 0.3) is 0 Å². The first-order chi connectivity index (χ1) is 8.95. The van der Waals surface area contributed by atoms with E-state index in [1.54, 1.807) is 18.2 Å². The second kappa shape index (κ2) is 5.22. The Morgan fingerprint density at radius 3 is 2.42 bits per heavy atom. The summed E-state index contributed by atoms with van der Waals surface area (Å²) in [6, 6.07) is 4.93. The Labute approximate surface area is 111 Å². The number of hydrogen-bond acceptors (Lipinski definition) is 3. The first-order valence-corrected chi connectivity index (χ1v) is 6.22. The minimum absolute atomic E-state index is 0.0302. The number of nitrogens with one attached hydrogen (secondary N) is 2. The van der Waals surface area contributed by atoms with Crippen molar-refractivity contribution >= 4 is 29.0 Å². The molecule has 2 amide bonds. The van der Waals surface area contributed by atoms with Crippen LogP contribution in [0.2, 0.25) is 0 Å². The molecule has 1 heterocycles. The Morgan fingerprint density at radius 1 is 1.16 bits per heavy atom. The molecular formula is C14H16N2O3. The van der Waals surface area contributed by atoms with Gasteiger partial charge in [-0.25, -0.2) is 0 Å². The van der Waals surface area contributed by atoms with E-state index in [0.717, 1.165) is 0 Å². The number of carbonyl (C=O) groups is 3. The maximum Gasteiger partial charge on any atom is 0.233 e. The van der Waals surface area contributed by atoms with Gasteiger partial charge in [-0.05, 0) is 24.1 Å². The SMILES string of the molecule is CC(C)CC(=O)c1ccc2c(c1)NC(=O)CC(=O)N2. The fraction of sp³-hybridized carbons (Fsp3) is 0.357. The first-order valence-electron chi connectivity index (χ1n) is 6.22. The van der Waals surface area contributed by atoms with E-state index in [0.29, 0.717) is 23.4 Å². The predicted molar refractivity (Wildman–Crippen MR) is 72.1 cm³/mol. The highest BCUT2D eigenvalue weighted by Crippen LogP contribution is 2.26. The molecule has 2 N–H and O–H groups in total. The molecule has 0 saturated carbocycles. The molecule has 5 nitrogen and oxygen atoms in total. The van der Waals surface area contributed by atoms with Gasteiger partial charge in [0.1, 0.15) is 6.42 Å². The van der Waals surface area contributed by atoms with Crippen LogP contribution < -0.4 is 10.6 Å². The third-order valence-electron chi connectivity index (χ3n) is 2.80. The van der Waals surface area contributed by atoms with Gasteiger partial charge in [-0.1, -0.05) is 13.8 Å². The van der Waals surface area contributed by atoms with Gasteiger partial charge in [0.2, 0.25) is 11.8 Å². The first kappa shape index (κ1) is 13.3. The smallest absolute Gasteiger partial charge is 0.233 e. The molecule has 0 atom stereocenters. The summed E-state index contributed by atoms with van der Waals surface area (Å²) in [7, 11) is 0. The lowest BCUT2D eigenvalue weighted by Crippen LogP contribution is -2.16. The zero-order chi connectivity index (χ0) is 14.0. The molecule has 2 rings (SSSR count). The molecule has 0 bridgehead atoms. The second-order valence-electron chi connectivity index (χ2n) is 5.05. The quantitative estimate of drug-likeness (QED) is 0.646. The highest BCUT2D eigenvalue weighted by molar-refractivity contribution is 6.14. The minimum Gasteiger partial charge on any atom is -0.324 e. The molecule has 19 heavy (non-hydrogen) atoms. The van der Waals surface area contributed by atoms with Crippen molar-refractivity contribution in [2.45, 2.75) is 26.7 Å². The number of hydrogen-bond donors (Lipinski definition) is 2. The van der Waals surface area contributed by atoms with Crippen molar-refractivity contribution in [2.75, 3.05) is 10.6 Å². The molecule has 0 aromatic heterocycles. The van der Waals surface area contributed by atoms with Crippen molar-refractivity contribution in [2.24, 2.45) is 5.92 Å². The van der Waals surface area contributed by atoms with Gasteiger partial charge in [0.25, 0.3) is 0 Å². The fourth-order valence-electron chi connectivity index (χ4n) is 1.95. The molecule has 0 fully saturated rings. The largest absolute Gasteiger partial charge is 0.324 e. The van der Waals surface area contributed by atoms with Crippen LogP contribution in [-0.2, 0) is 9.59 Å². The molecule has 0 spiro atoms. The van der Waals surface area contributed by atoms with Crippen molar-refractivity contribution in [3.63, 3.8) is 0 Å². The number of Topliss-reactive ketones (excluding diaryl/α,β-unsaturated/α-hetero) is 1. The van der Waals surface area contributed by atoms with Crippen LogP contribution in [-0.4, -0.2) is 17.6 Å². The molecule has 0 aliphatic carbocycles. The molecule has 1 aliphatic heterocycles. The van der Waals surface area contributed by atoms with Crippen LogP contribution in [0.4, 0.5) is 11.4 Å². The summed E-state index contributed by atoms with van der Waals surface area (Å²) in [6.07, 6.45) is 0.253. The highest BCUT2D eigenvalue weighted by atomic mass is 16.2. The van der Waals surface area contributed by atoms with Gasteiger partial charge >= 0.3 is 0 Å². The standard InChI is InChI=1S/C14H16N2O3/c1-8(2)5-12(17)9-3-4-10-11(6-9)16-14(19)7-13(18)15-10/h3-4,6,8H,5,7H2,1-2H3,(H,15,18)(H,16,19). The fourth-order valence-corrected chi connectivity index (χ4v) is 1.95. The normalized spacial score (nSPS) is 14.5. The van der Waals surface area contributed by atoms with Gasteiger partial charge in [0, 0.05) is 12.0 Å².